The van der Waals surface area contributed by atoms with E-state index in [2.05, 4.69) is 206 Å². The topological polar surface area (TPSA) is 0 Å². The summed E-state index contributed by atoms with van der Waals surface area (Å²) < 4.78 is 0. The lowest BCUT2D eigenvalue weighted by Gasteiger charge is -2.20. The fraction of sp³-hybridized carbons (Fsp3) is 0. The lowest BCUT2D eigenvalue weighted by Crippen LogP contribution is -1.93. The van der Waals surface area contributed by atoms with Gasteiger partial charge in [-0.2, -0.15) is 0 Å². The van der Waals surface area contributed by atoms with Crippen LogP contribution < -0.4 is 0 Å². The van der Waals surface area contributed by atoms with Crippen molar-refractivity contribution in [3.63, 3.8) is 0 Å². The molecule has 54 heavy (non-hydrogen) atoms. The van der Waals surface area contributed by atoms with E-state index in [4.69, 9.17) is 0 Å². The van der Waals surface area contributed by atoms with Gasteiger partial charge in [0.2, 0.25) is 0 Å². The Balaban J connectivity index is 1.21. The second-order valence-electron chi connectivity index (χ2n) is 14.4. The summed E-state index contributed by atoms with van der Waals surface area (Å²) in [4.78, 5) is 0. The van der Waals surface area contributed by atoms with E-state index < -0.39 is 0 Å². The molecule has 11 aromatic carbocycles. The Morgan fingerprint density at radius 1 is 0.185 bits per heavy atom. The van der Waals surface area contributed by atoms with Gasteiger partial charge in [0.15, 0.2) is 0 Å². The molecule has 0 nitrogen and oxygen atoms in total. The van der Waals surface area contributed by atoms with Crippen LogP contribution in [0.2, 0.25) is 0 Å². The van der Waals surface area contributed by atoms with Crippen LogP contribution in [-0.4, -0.2) is 0 Å². The minimum Gasteiger partial charge on any atom is -0.0622 e. The highest BCUT2D eigenvalue weighted by Crippen LogP contribution is 2.47. The highest BCUT2D eigenvalue weighted by molar-refractivity contribution is 6.24. The Labute approximate surface area is 314 Å². The molecular weight excluding hydrogens is 649 g/mol. The fourth-order valence-electron chi connectivity index (χ4n) is 8.88. The Morgan fingerprint density at radius 2 is 0.722 bits per heavy atom. The van der Waals surface area contributed by atoms with Crippen LogP contribution in [0.1, 0.15) is 0 Å². The van der Waals surface area contributed by atoms with Crippen molar-refractivity contribution in [2.24, 2.45) is 0 Å². The van der Waals surface area contributed by atoms with Crippen LogP contribution in [0.4, 0.5) is 0 Å². The van der Waals surface area contributed by atoms with Crippen molar-refractivity contribution in [3.05, 3.63) is 206 Å². The minimum absolute atomic E-state index is 1.22. The van der Waals surface area contributed by atoms with Crippen LogP contribution in [0.25, 0.3) is 109 Å². The normalized spacial score (nSPS) is 11.7. The van der Waals surface area contributed by atoms with Gasteiger partial charge in [0.1, 0.15) is 0 Å². The summed E-state index contributed by atoms with van der Waals surface area (Å²) in [6, 6.07) is 76.2. The number of hydrogen-bond acceptors (Lipinski definition) is 0. The number of fused-ring (bicyclic) bond motifs is 7. The number of rotatable bonds is 4. The lowest BCUT2D eigenvalue weighted by atomic mass is 9.83. The Hall–Kier alpha value is -7.02. The molecule has 0 heterocycles. The summed E-state index contributed by atoms with van der Waals surface area (Å²) in [6.07, 6.45) is 0. The molecule has 0 N–H and O–H groups in total. The van der Waals surface area contributed by atoms with Crippen LogP contribution in [0.3, 0.4) is 0 Å². The zero-order valence-electron chi connectivity index (χ0n) is 29.6. The van der Waals surface area contributed by atoms with Gasteiger partial charge in [-0.3, -0.25) is 0 Å². The van der Waals surface area contributed by atoms with Crippen molar-refractivity contribution in [2.45, 2.75) is 0 Å². The zero-order chi connectivity index (χ0) is 35.6. The van der Waals surface area contributed by atoms with Gasteiger partial charge in [-0.05, 0) is 127 Å². The van der Waals surface area contributed by atoms with Crippen LogP contribution in [0.5, 0.6) is 0 Å². The van der Waals surface area contributed by atoms with Crippen molar-refractivity contribution in [1.82, 2.24) is 0 Å². The van der Waals surface area contributed by atoms with Crippen molar-refractivity contribution in [1.29, 1.82) is 0 Å². The molecule has 0 aliphatic rings. The second kappa shape index (κ2) is 12.3. The summed E-state index contributed by atoms with van der Waals surface area (Å²) in [5.41, 5.74) is 9.94. The van der Waals surface area contributed by atoms with Gasteiger partial charge in [-0.25, -0.2) is 0 Å². The monoisotopic (exact) mass is 682 g/mol. The Morgan fingerprint density at radius 3 is 1.54 bits per heavy atom. The van der Waals surface area contributed by atoms with E-state index in [0.717, 1.165) is 0 Å². The SMILES string of the molecule is c1ccc(-c2ccc(-c3c4ccccc4c(-c4cccc5ccccc45)c4cc(-c5cccc6c5ccc5cc7ccccc7cc56)ccc34)cc2)cc1. The molecule has 0 aromatic heterocycles. The summed E-state index contributed by atoms with van der Waals surface area (Å²) in [7, 11) is 0. The molecule has 0 spiro atoms. The highest BCUT2D eigenvalue weighted by Gasteiger charge is 2.19. The van der Waals surface area contributed by atoms with E-state index in [-0.39, 0.29) is 0 Å². The lowest BCUT2D eigenvalue weighted by molar-refractivity contribution is 1.61. The van der Waals surface area contributed by atoms with E-state index in [9.17, 15) is 0 Å². The molecule has 0 fully saturated rings. The van der Waals surface area contributed by atoms with E-state index in [0.29, 0.717) is 0 Å². The molecule has 0 amide bonds. The maximum Gasteiger partial charge on any atom is -0.00199 e. The predicted molar refractivity (Wildman–Crippen MR) is 233 cm³/mol. The van der Waals surface area contributed by atoms with Crippen molar-refractivity contribution in [2.75, 3.05) is 0 Å². The summed E-state index contributed by atoms with van der Waals surface area (Å²) >= 11 is 0. The average molecular weight is 683 g/mol. The molecule has 11 aromatic rings. The third-order valence-electron chi connectivity index (χ3n) is 11.4. The average Bonchev–Trinajstić information content (AvgIpc) is 3.24. The molecule has 0 heteroatoms. The van der Waals surface area contributed by atoms with E-state index >= 15 is 0 Å². The smallest absolute Gasteiger partial charge is 0.00199 e. The molecule has 0 saturated heterocycles. The van der Waals surface area contributed by atoms with Gasteiger partial charge in [-0.1, -0.05) is 188 Å². The summed E-state index contributed by atoms with van der Waals surface area (Å²) in [5.74, 6) is 0. The van der Waals surface area contributed by atoms with Gasteiger partial charge in [0, 0.05) is 0 Å². The largest absolute Gasteiger partial charge is 0.0622 e. The van der Waals surface area contributed by atoms with Gasteiger partial charge < -0.3 is 0 Å². The molecule has 0 unspecified atom stereocenters. The maximum absolute atomic E-state index is 2.46. The third-order valence-corrected chi connectivity index (χ3v) is 11.4. The van der Waals surface area contributed by atoms with E-state index in [1.165, 1.54) is 109 Å². The fourth-order valence-corrected chi connectivity index (χ4v) is 8.88. The van der Waals surface area contributed by atoms with E-state index in [1.807, 2.05) is 0 Å². The molecular formula is C54H34. The molecule has 0 saturated carbocycles. The summed E-state index contributed by atoms with van der Waals surface area (Å²) in [6.45, 7) is 0. The van der Waals surface area contributed by atoms with Gasteiger partial charge >= 0.3 is 0 Å². The first kappa shape index (κ1) is 30.6. The zero-order valence-corrected chi connectivity index (χ0v) is 29.6. The van der Waals surface area contributed by atoms with Gasteiger partial charge in [0.05, 0.1) is 0 Å². The summed E-state index contributed by atoms with van der Waals surface area (Å²) in [5, 5.41) is 15.2. The maximum atomic E-state index is 2.46. The first-order valence-corrected chi connectivity index (χ1v) is 18.8. The van der Waals surface area contributed by atoms with Crippen LogP contribution in [0, 0.1) is 0 Å². The van der Waals surface area contributed by atoms with Crippen molar-refractivity contribution >= 4 is 64.6 Å². The van der Waals surface area contributed by atoms with Crippen LogP contribution in [0.15, 0.2) is 206 Å². The van der Waals surface area contributed by atoms with Gasteiger partial charge in [-0.15, -0.1) is 0 Å². The molecule has 250 valence electrons. The van der Waals surface area contributed by atoms with Gasteiger partial charge in [0.25, 0.3) is 0 Å². The molecule has 0 bridgehead atoms. The first-order valence-electron chi connectivity index (χ1n) is 18.8. The number of benzene rings is 11. The number of hydrogen-bond donors (Lipinski definition) is 0. The quantitative estimate of drug-likeness (QED) is 0.128. The van der Waals surface area contributed by atoms with Crippen molar-refractivity contribution in [3.8, 4) is 44.5 Å². The van der Waals surface area contributed by atoms with Crippen LogP contribution >= 0.6 is 0 Å². The molecule has 0 aliphatic heterocycles. The predicted octanol–water partition coefficient (Wildman–Crippen LogP) is 15.3. The Bertz CT molecular complexity index is 3240. The van der Waals surface area contributed by atoms with Crippen LogP contribution in [-0.2, 0) is 0 Å². The molecule has 0 atom stereocenters. The van der Waals surface area contributed by atoms with E-state index in [1.54, 1.807) is 0 Å². The third kappa shape index (κ3) is 4.85. The second-order valence-corrected chi connectivity index (χ2v) is 14.4. The highest BCUT2D eigenvalue weighted by atomic mass is 14.2. The molecule has 0 radical (unpaired) electrons. The standard InChI is InChI=1S/C54H34/c1-2-12-35(13-3-1)36-24-26-38(27-25-36)53-48-19-8-9-20-49(48)54(47-23-10-17-37-14-6-7-18-43(37)47)52-34-42(29-31-50(52)53)44-21-11-22-45-46(44)30-28-41-32-39-15-4-5-16-40(39)33-51(41)45/h1-34H. The first-order chi connectivity index (χ1) is 26.8. The molecule has 11 rings (SSSR count). The molecule has 0 aliphatic carbocycles. The Kier molecular flexibility index (Phi) is 6.97. The minimum atomic E-state index is 1.22. The van der Waals surface area contributed by atoms with Crippen molar-refractivity contribution < 1.29 is 0 Å².